The quantitative estimate of drug-likeness (QED) is 0.0630. The van der Waals surface area contributed by atoms with E-state index in [2.05, 4.69) is 15.4 Å². The average Bonchev–Trinajstić information content (AvgIpc) is 3.12. The molecule has 2 heterocycles. The fraction of sp³-hybridized carbons (Fsp3) is 0.250. The van der Waals surface area contributed by atoms with E-state index in [9.17, 15) is 27.6 Å². The molecule has 5 rings (SSSR count). The summed E-state index contributed by atoms with van der Waals surface area (Å²) in [4.78, 5) is 41.5. The Morgan fingerprint density at radius 3 is 2.43 bits per heavy atom. The molecule has 0 aliphatic heterocycles. The first kappa shape index (κ1) is 36.3. The Kier molecular flexibility index (Phi) is 11.5. The van der Waals surface area contributed by atoms with Crippen molar-refractivity contribution in [2.24, 2.45) is 0 Å². The number of hydroxylamine groups is 1. The molecule has 2 aromatic heterocycles. The van der Waals surface area contributed by atoms with Crippen molar-refractivity contribution in [1.82, 2.24) is 20.2 Å². The van der Waals surface area contributed by atoms with Gasteiger partial charge in [0.25, 0.3) is 5.91 Å². The van der Waals surface area contributed by atoms with Crippen molar-refractivity contribution in [1.29, 1.82) is 0 Å². The number of aromatic nitrogens is 3. The Balaban J connectivity index is 1.25. The first-order valence-electron chi connectivity index (χ1n) is 15.9. The molecule has 3 aromatic carbocycles. The van der Waals surface area contributed by atoms with Crippen LogP contribution in [0.15, 0.2) is 83.9 Å². The van der Waals surface area contributed by atoms with Gasteiger partial charge in [0.15, 0.2) is 17.2 Å². The van der Waals surface area contributed by atoms with Gasteiger partial charge >= 0.3 is 6.18 Å². The second kappa shape index (κ2) is 16.2. The van der Waals surface area contributed by atoms with Gasteiger partial charge in [-0.1, -0.05) is 18.9 Å². The summed E-state index contributed by atoms with van der Waals surface area (Å²) in [6.45, 7) is 1.87. The molecular weight excluding hydrogens is 671 g/mol. The zero-order chi connectivity index (χ0) is 36.5. The third-order valence-electron chi connectivity index (χ3n) is 7.76. The van der Waals surface area contributed by atoms with E-state index in [4.69, 9.17) is 19.4 Å². The Hall–Kier alpha value is -5.96. The van der Waals surface area contributed by atoms with E-state index >= 15 is 0 Å². The molecular formula is C36H34F3N5O7. The van der Waals surface area contributed by atoms with Crippen molar-refractivity contribution in [2.75, 3.05) is 19.0 Å². The highest BCUT2D eigenvalue weighted by molar-refractivity contribution is 6.02. The molecule has 0 unspecified atom stereocenters. The van der Waals surface area contributed by atoms with Crippen molar-refractivity contribution in [2.45, 2.75) is 45.2 Å². The minimum atomic E-state index is -4.58. The molecule has 0 bridgehead atoms. The number of carbonyl (C=O) groups excluding carboxylic acids is 2. The van der Waals surface area contributed by atoms with Crippen LogP contribution in [0.3, 0.4) is 0 Å². The average molecular weight is 706 g/mol. The third-order valence-corrected chi connectivity index (χ3v) is 7.76. The molecule has 0 spiro atoms. The van der Waals surface area contributed by atoms with Crippen LogP contribution in [0, 0.1) is 6.92 Å². The second-order valence-corrected chi connectivity index (χ2v) is 11.4. The molecule has 0 saturated heterocycles. The normalized spacial score (nSPS) is 11.3. The van der Waals surface area contributed by atoms with E-state index < -0.39 is 34.7 Å². The number of nitrogens with zero attached hydrogens (tertiary/aromatic N) is 3. The monoisotopic (exact) mass is 705 g/mol. The number of rotatable bonds is 14. The number of hydrogen-bond acceptors (Lipinski definition) is 9. The number of alkyl halides is 3. The fourth-order valence-electron chi connectivity index (χ4n) is 5.11. The van der Waals surface area contributed by atoms with E-state index in [0.29, 0.717) is 52.6 Å². The molecule has 5 aromatic rings. The number of carbonyl (C=O) groups is 2. The van der Waals surface area contributed by atoms with E-state index in [1.54, 1.807) is 54.1 Å². The van der Waals surface area contributed by atoms with Crippen LogP contribution < -0.4 is 30.4 Å². The molecule has 15 heteroatoms. The number of aryl methyl sites for hydroxylation is 1. The van der Waals surface area contributed by atoms with Gasteiger partial charge < -0.3 is 19.5 Å². The smallest absolute Gasteiger partial charge is 0.416 e. The minimum Gasteiger partial charge on any atom is -0.493 e. The van der Waals surface area contributed by atoms with Gasteiger partial charge in [0.05, 0.1) is 30.5 Å². The number of anilines is 1. The number of benzene rings is 3. The zero-order valence-corrected chi connectivity index (χ0v) is 27.6. The van der Waals surface area contributed by atoms with Crippen molar-refractivity contribution in [3.05, 3.63) is 106 Å². The van der Waals surface area contributed by atoms with E-state index in [1.807, 2.05) is 0 Å². The number of ether oxygens (including phenoxy) is 3. The van der Waals surface area contributed by atoms with Crippen LogP contribution in [0.5, 0.6) is 23.0 Å². The molecule has 0 saturated carbocycles. The van der Waals surface area contributed by atoms with Gasteiger partial charge in [-0.3, -0.25) is 24.6 Å². The highest BCUT2D eigenvalue weighted by Crippen LogP contribution is 2.37. The topological polar surface area (TPSA) is 154 Å². The summed E-state index contributed by atoms with van der Waals surface area (Å²) < 4.78 is 58.5. The predicted molar refractivity (Wildman–Crippen MR) is 181 cm³/mol. The van der Waals surface area contributed by atoms with Gasteiger partial charge in [0.2, 0.25) is 11.3 Å². The third kappa shape index (κ3) is 9.19. The van der Waals surface area contributed by atoms with Crippen molar-refractivity contribution in [3.63, 3.8) is 0 Å². The van der Waals surface area contributed by atoms with Crippen LogP contribution in [0.25, 0.3) is 16.6 Å². The van der Waals surface area contributed by atoms with Gasteiger partial charge in [-0.15, -0.1) is 0 Å². The van der Waals surface area contributed by atoms with Crippen molar-refractivity contribution >= 4 is 28.4 Å². The van der Waals surface area contributed by atoms with E-state index in [1.165, 1.54) is 32.4 Å². The Morgan fingerprint density at radius 1 is 0.941 bits per heavy atom. The lowest BCUT2D eigenvalue weighted by Gasteiger charge is -2.14. The van der Waals surface area contributed by atoms with E-state index in [-0.39, 0.29) is 17.7 Å². The zero-order valence-electron chi connectivity index (χ0n) is 27.6. The lowest BCUT2D eigenvalue weighted by Crippen LogP contribution is -2.27. The Labute approximate surface area is 289 Å². The lowest BCUT2D eigenvalue weighted by molar-refractivity contribution is -0.137. The first-order chi connectivity index (χ1) is 24.5. The van der Waals surface area contributed by atoms with Crippen LogP contribution in [-0.2, 0) is 11.0 Å². The minimum absolute atomic E-state index is 0.0318. The van der Waals surface area contributed by atoms with E-state index in [0.717, 1.165) is 36.1 Å². The Morgan fingerprint density at radius 2 is 1.71 bits per heavy atom. The summed E-state index contributed by atoms with van der Waals surface area (Å²) in [6, 6.07) is 15.9. The number of nitrogens with one attached hydrogen (secondary N) is 2. The maximum Gasteiger partial charge on any atom is 0.416 e. The molecule has 0 aliphatic rings. The van der Waals surface area contributed by atoms with Crippen LogP contribution in [-0.4, -0.2) is 45.5 Å². The van der Waals surface area contributed by atoms with Gasteiger partial charge in [-0.05, 0) is 74.4 Å². The van der Waals surface area contributed by atoms with Gasteiger partial charge in [-0.2, -0.15) is 18.3 Å². The summed E-state index contributed by atoms with van der Waals surface area (Å²) in [5.74, 6) is 0.659. The van der Waals surface area contributed by atoms with Gasteiger partial charge in [0, 0.05) is 41.5 Å². The van der Waals surface area contributed by atoms with Gasteiger partial charge in [0.1, 0.15) is 11.5 Å². The number of methoxy groups -OCH3 is 1. The summed E-state index contributed by atoms with van der Waals surface area (Å²) in [5, 5.41) is 15.9. The first-order valence-corrected chi connectivity index (χ1v) is 15.9. The maximum atomic E-state index is 13.3. The van der Waals surface area contributed by atoms with Gasteiger partial charge in [-0.25, -0.2) is 10.2 Å². The highest BCUT2D eigenvalue weighted by atomic mass is 19.4. The highest BCUT2D eigenvalue weighted by Gasteiger charge is 2.30. The van der Waals surface area contributed by atoms with Crippen LogP contribution in [0.1, 0.15) is 53.7 Å². The van der Waals surface area contributed by atoms with Crippen LogP contribution in [0.4, 0.5) is 18.9 Å². The SMILES string of the molecule is COc1cc2c(Oc3ccc(NC(=O)c4nn(-c5cccc(C(F)(F)F)c5)cc(C)c4=O)cc3)ccnc2cc1OCCCCCCC(=O)NO. The fourth-order valence-corrected chi connectivity index (χ4v) is 5.11. The van der Waals surface area contributed by atoms with Crippen LogP contribution >= 0.6 is 0 Å². The molecule has 3 N–H and O–H groups in total. The lowest BCUT2D eigenvalue weighted by atomic mass is 10.1. The summed E-state index contributed by atoms with van der Waals surface area (Å²) in [5.41, 5.74) is 0.648. The summed E-state index contributed by atoms with van der Waals surface area (Å²) in [6.07, 6.45) is 1.63. The largest absolute Gasteiger partial charge is 0.493 e. The van der Waals surface area contributed by atoms with Crippen molar-refractivity contribution in [3.8, 4) is 28.7 Å². The number of fused-ring (bicyclic) bond motifs is 1. The standard InChI is InChI=1S/C36H34F3N5O7/c1-22-21-44(25-9-7-8-23(18-25)36(37,38)39)42-33(34(22)46)35(47)41-24-11-13-26(14-12-24)51-29-15-16-40-28-20-31(30(49-2)19-27(28)29)50-17-6-4-3-5-10-32(45)43-48/h7-9,11-16,18-21,48H,3-6,10,17H2,1-2H3,(H,41,47)(H,43,45). The molecule has 266 valence electrons. The predicted octanol–water partition coefficient (Wildman–Crippen LogP) is 7.00. The molecule has 0 fully saturated rings. The number of halogens is 3. The molecule has 2 amide bonds. The second-order valence-electron chi connectivity index (χ2n) is 11.4. The maximum absolute atomic E-state index is 13.3. The Bertz CT molecular complexity index is 2090. The number of amides is 2. The molecule has 0 atom stereocenters. The summed E-state index contributed by atoms with van der Waals surface area (Å²) in [7, 11) is 1.52. The number of hydrogen-bond donors (Lipinski definition) is 3. The molecule has 12 nitrogen and oxygen atoms in total. The molecule has 0 aliphatic carbocycles. The van der Waals surface area contributed by atoms with Crippen LogP contribution in [0.2, 0.25) is 0 Å². The van der Waals surface area contributed by atoms with Crippen molar-refractivity contribution < 1.29 is 42.2 Å². The number of pyridine rings is 1. The summed E-state index contributed by atoms with van der Waals surface area (Å²) >= 11 is 0. The molecule has 0 radical (unpaired) electrons. The molecule has 51 heavy (non-hydrogen) atoms. The number of unbranched alkanes of at least 4 members (excludes halogenated alkanes) is 3.